The minimum Gasteiger partial charge on any atom is -0.504 e. The van der Waals surface area contributed by atoms with E-state index in [2.05, 4.69) is 78.9 Å². The van der Waals surface area contributed by atoms with Crippen LogP contribution in [0.4, 0.5) is 0 Å². The highest BCUT2D eigenvalue weighted by Gasteiger charge is 2.36. The SMILES string of the molecule is Oc1c(O)c(O)c(-c2c3ccccc3c(-c3ccc4c(c3)C3C=CC=C(c5cccc6ccccc56)C3C4)c3ccccc23)c(O)c1O. The van der Waals surface area contributed by atoms with Gasteiger partial charge in [0.05, 0.1) is 5.56 Å². The molecule has 0 radical (unpaired) electrons. The summed E-state index contributed by atoms with van der Waals surface area (Å²) in [5.41, 5.74) is 7.62. The highest BCUT2D eigenvalue weighted by Crippen LogP contribution is 2.58. The van der Waals surface area contributed by atoms with E-state index < -0.39 is 28.7 Å². The molecule has 2 aliphatic carbocycles. The van der Waals surface area contributed by atoms with Crippen LogP contribution in [0.5, 0.6) is 28.7 Å². The van der Waals surface area contributed by atoms with E-state index in [1.54, 1.807) is 0 Å². The molecule has 2 aliphatic rings. The number of aromatic hydroxyl groups is 5. The van der Waals surface area contributed by atoms with Gasteiger partial charge in [0.25, 0.3) is 0 Å². The minimum absolute atomic E-state index is 0.154. The molecule has 0 bridgehead atoms. The predicted octanol–water partition coefficient (Wildman–Crippen LogP) is 9.92. The number of benzene rings is 7. The van der Waals surface area contributed by atoms with Crippen molar-refractivity contribution in [3.8, 4) is 51.0 Å². The average Bonchev–Trinajstić information content (AvgIpc) is 3.51. The zero-order valence-corrected chi connectivity index (χ0v) is 25.7. The van der Waals surface area contributed by atoms with E-state index in [1.165, 1.54) is 33.0 Å². The molecule has 0 heterocycles. The quantitative estimate of drug-likeness (QED) is 0.0764. The van der Waals surface area contributed by atoms with Crippen molar-refractivity contribution in [1.29, 1.82) is 0 Å². The Kier molecular flexibility index (Phi) is 6.08. The summed E-state index contributed by atoms with van der Waals surface area (Å²) in [7, 11) is 0. The summed E-state index contributed by atoms with van der Waals surface area (Å²) in [6.07, 6.45) is 7.75. The van der Waals surface area contributed by atoms with E-state index in [0.29, 0.717) is 22.3 Å². The van der Waals surface area contributed by atoms with Gasteiger partial charge in [0.1, 0.15) is 0 Å². The van der Waals surface area contributed by atoms with Crippen molar-refractivity contribution in [1.82, 2.24) is 0 Å². The van der Waals surface area contributed by atoms with Crippen LogP contribution in [0.15, 0.2) is 127 Å². The Balaban J connectivity index is 1.24. The summed E-state index contributed by atoms with van der Waals surface area (Å²) >= 11 is 0. The van der Waals surface area contributed by atoms with Crippen molar-refractivity contribution in [3.05, 3.63) is 144 Å². The van der Waals surface area contributed by atoms with Gasteiger partial charge in [-0.2, -0.15) is 0 Å². The summed E-state index contributed by atoms with van der Waals surface area (Å²) in [5, 5.41) is 58.8. The summed E-state index contributed by atoms with van der Waals surface area (Å²) in [6, 6.07) is 37.3. The maximum atomic E-state index is 11.0. The number of phenols is 5. The minimum atomic E-state index is -0.981. The molecule has 0 saturated heterocycles. The first kappa shape index (κ1) is 28.1. The van der Waals surface area contributed by atoms with E-state index >= 15 is 0 Å². The monoisotopic (exact) mass is 626 g/mol. The van der Waals surface area contributed by atoms with Gasteiger partial charge in [-0.1, -0.05) is 127 Å². The van der Waals surface area contributed by atoms with Crippen LogP contribution in [0.25, 0.3) is 60.1 Å². The molecule has 0 amide bonds. The molecule has 2 atom stereocenters. The lowest BCUT2D eigenvalue weighted by Gasteiger charge is -2.25. The number of rotatable bonds is 3. The van der Waals surface area contributed by atoms with Crippen LogP contribution in [-0.4, -0.2) is 25.5 Å². The van der Waals surface area contributed by atoms with Crippen molar-refractivity contribution < 1.29 is 25.5 Å². The van der Waals surface area contributed by atoms with Crippen LogP contribution in [0, 0.1) is 5.92 Å². The highest BCUT2D eigenvalue weighted by atomic mass is 16.4. The number of hydrogen-bond donors (Lipinski definition) is 5. The van der Waals surface area contributed by atoms with Crippen molar-refractivity contribution >= 4 is 37.9 Å². The molecule has 5 heteroatoms. The largest absolute Gasteiger partial charge is 0.504 e. The number of phenolic OH excluding ortho intramolecular Hbond substituents is 5. The van der Waals surface area contributed by atoms with Gasteiger partial charge in [-0.15, -0.1) is 0 Å². The normalized spacial score (nSPS) is 16.7. The van der Waals surface area contributed by atoms with Gasteiger partial charge in [0.15, 0.2) is 11.5 Å². The molecule has 5 N–H and O–H groups in total. The lowest BCUT2D eigenvalue weighted by molar-refractivity contribution is 0.330. The third-order valence-corrected chi connectivity index (χ3v) is 10.3. The van der Waals surface area contributed by atoms with E-state index in [9.17, 15) is 25.5 Å². The molecule has 48 heavy (non-hydrogen) atoms. The Morgan fingerprint density at radius 1 is 0.500 bits per heavy atom. The summed E-state index contributed by atoms with van der Waals surface area (Å²) in [4.78, 5) is 0. The fraction of sp³-hybridized carbons (Fsp3) is 0.0698. The van der Waals surface area contributed by atoms with Crippen LogP contribution < -0.4 is 0 Å². The van der Waals surface area contributed by atoms with Crippen LogP contribution in [0.2, 0.25) is 0 Å². The maximum absolute atomic E-state index is 11.0. The first-order valence-electron chi connectivity index (χ1n) is 16.0. The molecule has 0 fully saturated rings. The molecule has 9 rings (SSSR count). The van der Waals surface area contributed by atoms with Gasteiger partial charge in [-0.05, 0) is 78.0 Å². The summed E-state index contributed by atoms with van der Waals surface area (Å²) in [5.74, 6) is -3.66. The molecule has 0 aliphatic heterocycles. The van der Waals surface area contributed by atoms with Gasteiger partial charge >= 0.3 is 0 Å². The topological polar surface area (TPSA) is 101 Å². The van der Waals surface area contributed by atoms with Crippen LogP contribution in [-0.2, 0) is 6.42 Å². The van der Waals surface area contributed by atoms with Crippen molar-refractivity contribution in [2.75, 3.05) is 0 Å². The van der Waals surface area contributed by atoms with Crippen LogP contribution in [0.3, 0.4) is 0 Å². The Labute approximate surface area is 276 Å². The van der Waals surface area contributed by atoms with Crippen LogP contribution >= 0.6 is 0 Å². The fourth-order valence-corrected chi connectivity index (χ4v) is 8.17. The Morgan fingerprint density at radius 3 is 1.73 bits per heavy atom. The lowest BCUT2D eigenvalue weighted by atomic mass is 9.78. The van der Waals surface area contributed by atoms with E-state index in [0.717, 1.165) is 28.3 Å². The highest BCUT2D eigenvalue weighted by molar-refractivity contribution is 6.22. The third kappa shape index (κ3) is 3.91. The Bertz CT molecular complexity index is 2470. The zero-order chi connectivity index (χ0) is 32.7. The van der Waals surface area contributed by atoms with E-state index in [1.807, 2.05) is 48.5 Å². The van der Waals surface area contributed by atoms with Gasteiger partial charge in [0.2, 0.25) is 17.2 Å². The average molecular weight is 627 g/mol. The lowest BCUT2D eigenvalue weighted by Crippen LogP contribution is -2.11. The maximum Gasteiger partial charge on any atom is 0.208 e. The zero-order valence-electron chi connectivity index (χ0n) is 25.7. The standard InChI is InChI=1S/C43H30O5/c44-39-38(40(45)42(47)43(48)41(39)46)37-32-14-5-3-12-30(32)36(31-13-4-6-15-33(31)37)25-20-19-24-21-35-28(17-8-18-29(35)34(24)22-25)27-16-7-10-23-9-1-2-11-26(23)27/h1-20,22,29,35,44-48H,21H2. The first-order chi connectivity index (χ1) is 23.4. The van der Waals surface area contributed by atoms with Crippen molar-refractivity contribution in [2.45, 2.75) is 12.3 Å². The summed E-state index contributed by atoms with van der Waals surface area (Å²) in [6.45, 7) is 0. The van der Waals surface area contributed by atoms with Gasteiger partial charge in [0, 0.05) is 11.5 Å². The van der Waals surface area contributed by atoms with E-state index in [4.69, 9.17) is 0 Å². The van der Waals surface area contributed by atoms with Gasteiger partial charge < -0.3 is 25.5 Å². The Hall–Kier alpha value is -6.20. The molecule has 2 unspecified atom stereocenters. The molecular weight excluding hydrogens is 596 g/mol. The Morgan fingerprint density at radius 2 is 1.06 bits per heavy atom. The van der Waals surface area contributed by atoms with Crippen molar-refractivity contribution in [3.63, 3.8) is 0 Å². The fourth-order valence-electron chi connectivity index (χ4n) is 8.17. The molecule has 7 aromatic carbocycles. The summed E-state index contributed by atoms with van der Waals surface area (Å²) < 4.78 is 0. The third-order valence-electron chi connectivity index (χ3n) is 10.3. The number of allylic oxidation sites excluding steroid dienone is 4. The van der Waals surface area contributed by atoms with Gasteiger partial charge in [-0.25, -0.2) is 0 Å². The van der Waals surface area contributed by atoms with E-state index in [-0.39, 0.29) is 11.5 Å². The number of hydrogen-bond acceptors (Lipinski definition) is 5. The second-order valence-electron chi connectivity index (χ2n) is 12.7. The smallest absolute Gasteiger partial charge is 0.208 e. The second kappa shape index (κ2) is 10.4. The molecule has 0 spiro atoms. The first-order valence-corrected chi connectivity index (χ1v) is 16.0. The molecular formula is C43H30O5. The molecule has 0 aromatic heterocycles. The van der Waals surface area contributed by atoms with Crippen molar-refractivity contribution in [2.24, 2.45) is 5.92 Å². The molecule has 7 aromatic rings. The van der Waals surface area contributed by atoms with Crippen LogP contribution in [0.1, 0.15) is 22.6 Å². The second-order valence-corrected chi connectivity index (χ2v) is 12.7. The molecule has 232 valence electrons. The van der Waals surface area contributed by atoms with Gasteiger partial charge in [-0.3, -0.25) is 0 Å². The number of fused-ring (bicyclic) bond motifs is 6. The predicted molar refractivity (Wildman–Crippen MR) is 192 cm³/mol. The molecule has 5 nitrogen and oxygen atoms in total. The molecule has 0 saturated carbocycles.